The topological polar surface area (TPSA) is 31.0 Å². The first-order chi connectivity index (χ1) is 18.0. The summed E-state index contributed by atoms with van der Waals surface area (Å²) >= 11 is 0. The van der Waals surface area contributed by atoms with E-state index in [0.717, 1.165) is 12.0 Å². The maximum absolute atomic E-state index is 15.0. The van der Waals surface area contributed by atoms with E-state index in [1.54, 1.807) is 42.5 Å². The van der Waals surface area contributed by atoms with Gasteiger partial charge in [0.1, 0.15) is 11.9 Å². The smallest absolute Gasteiger partial charge is 0.186 e. The van der Waals surface area contributed by atoms with Crippen LogP contribution in [0.25, 0.3) is 22.3 Å². The Morgan fingerprint density at radius 3 is 2.00 bits per heavy atom. The van der Waals surface area contributed by atoms with Crippen molar-refractivity contribution in [3.05, 3.63) is 83.2 Å². The van der Waals surface area contributed by atoms with Crippen molar-refractivity contribution in [1.29, 1.82) is 0 Å². The molecule has 0 aromatic heterocycles. The molecule has 2 aliphatic heterocycles. The second-order valence-electron chi connectivity index (χ2n) is 10.0. The molecule has 0 saturated carbocycles. The van der Waals surface area contributed by atoms with Gasteiger partial charge in [-0.05, 0) is 29.2 Å². The lowest BCUT2D eigenvalue weighted by molar-refractivity contribution is -0.207. The fourth-order valence-electron chi connectivity index (χ4n) is 4.93. The molecule has 2 heterocycles. The third kappa shape index (κ3) is 6.08. The Morgan fingerprint density at radius 1 is 0.676 bits per heavy atom. The number of hydrogen-bond acceptors (Lipinski definition) is 3. The zero-order valence-corrected chi connectivity index (χ0v) is 21.2. The van der Waals surface area contributed by atoms with Crippen LogP contribution in [-0.4, -0.2) is 19.8 Å². The van der Waals surface area contributed by atoms with E-state index in [1.807, 2.05) is 6.07 Å². The van der Waals surface area contributed by atoms with Gasteiger partial charge in [0.05, 0.1) is 19.8 Å². The molecule has 5 rings (SSSR count). The molecular formula is C31H33F3O3. The summed E-state index contributed by atoms with van der Waals surface area (Å²) in [4.78, 5) is 0. The van der Waals surface area contributed by atoms with Gasteiger partial charge in [-0.1, -0.05) is 87.6 Å². The molecule has 6 heteroatoms. The number of rotatable bonds is 10. The van der Waals surface area contributed by atoms with Gasteiger partial charge in [0.15, 0.2) is 17.9 Å². The van der Waals surface area contributed by atoms with Crippen molar-refractivity contribution in [2.24, 2.45) is 5.92 Å². The second kappa shape index (κ2) is 11.8. The maximum atomic E-state index is 15.0. The summed E-state index contributed by atoms with van der Waals surface area (Å²) in [6, 6.07) is 15.1. The number of hydrogen-bond donors (Lipinski definition) is 0. The molecular weight excluding hydrogens is 477 g/mol. The van der Waals surface area contributed by atoms with Crippen LogP contribution in [0.15, 0.2) is 54.6 Å². The first-order valence-electron chi connectivity index (χ1n) is 13.3. The molecule has 0 aliphatic carbocycles. The van der Waals surface area contributed by atoms with Crippen molar-refractivity contribution in [1.82, 2.24) is 0 Å². The standard InChI is InChI=1S/C31H33F3O3/c1-2-3-4-5-6-7-20-17-36-31(37-18-20)25-13-12-23(16-27(25)32)21-8-10-22(11-9-21)24-14-15-26(28-19-35-28)30(34)29(24)33/h8-16,20,28,31H,2-7,17-19H2,1H3. The third-order valence-corrected chi connectivity index (χ3v) is 7.26. The molecule has 0 amide bonds. The van der Waals surface area contributed by atoms with Crippen molar-refractivity contribution in [2.45, 2.75) is 57.8 Å². The lowest BCUT2D eigenvalue weighted by Crippen LogP contribution is -2.27. The van der Waals surface area contributed by atoms with Gasteiger partial charge in [-0.25, -0.2) is 13.2 Å². The minimum absolute atomic E-state index is 0.181. The fourth-order valence-corrected chi connectivity index (χ4v) is 4.93. The number of unbranched alkanes of at least 4 members (excludes halogenated alkanes) is 4. The zero-order valence-electron chi connectivity index (χ0n) is 21.2. The van der Waals surface area contributed by atoms with E-state index < -0.39 is 23.7 Å². The lowest BCUT2D eigenvalue weighted by Gasteiger charge is -2.30. The molecule has 2 aliphatic rings. The van der Waals surface area contributed by atoms with Gasteiger partial charge < -0.3 is 14.2 Å². The average molecular weight is 511 g/mol. The Labute approximate surface area is 216 Å². The Morgan fingerprint density at radius 2 is 1.32 bits per heavy atom. The number of halogens is 3. The van der Waals surface area contributed by atoms with E-state index in [9.17, 15) is 8.78 Å². The van der Waals surface area contributed by atoms with Crippen LogP contribution in [0.2, 0.25) is 0 Å². The average Bonchev–Trinajstić information content (AvgIpc) is 3.76. The highest BCUT2D eigenvalue weighted by atomic mass is 19.2. The summed E-state index contributed by atoms with van der Waals surface area (Å²) < 4.78 is 60.9. The molecule has 2 saturated heterocycles. The Bertz CT molecular complexity index is 1200. The lowest BCUT2D eigenvalue weighted by atomic mass is 9.97. The normalized spacial score (nSPS) is 21.2. The van der Waals surface area contributed by atoms with Crippen LogP contribution in [0, 0.1) is 23.4 Å². The van der Waals surface area contributed by atoms with Crippen molar-refractivity contribution < 1.29 is 27.4 Å². The highest BCUT2D eigenvalue weighted by Crippen LogP contribution is 2.36. The highest BCUT2D eigenvalue weighted by molar-refractivity contribution is 5.71. The van der Waals surface area contributed by atoms with Gasteiger partial charge >= 0.3 is 0 Å². The molecule has 1 atom stereocenters. The Hall–Kier alpha value is -2.67. The van der Waals surface area contributed by atoms with Crippen molar-refractivity contribution in [3.8, 4) is 22.3 Å². The zero-order chi connectivity index (χ0) is 25.8. The van der Waals surface area contributed by atoms with Gasteiger partial charge in [-0.15, -0.1) is 0 Å². The predicted molar refractivity (Wildman–Crippen MR) is 137 cm³/mol. The van der Waals surface area contributed by atoms with Crippen LogP contribution in [0.4, 0.5) is 13.2 Å². The molecule has 2 fully saturated rings. The van der Waals surface area contributed by atoms with Gasteiger partial charge in [0.2, 0.25) is 0 Å². The minimum atomic E-state index is -0.887. The van der Waals surface area contributed by atoms with Gasteiger partial charge in [-0.3, -0.25) is 0 Å². The van der Waals surface area contributed by atoms with Gasteiger partial charge in [-0.2, -0.15) is 0 Å². The van der Waals surface area contributed by atoms with Crippen molar-refractivity contribution >= 4 is 0 Å². The summed E-state index contributed by atoms with van der Waals surface area (Å²) in [6.07, 6.45) is 6.22. The third-order valence-electron chi connectivity index (χ3n) is 7.26. The van der Waals surface area contributed by atoms with Gasteiger partial charge in [0.25, 0.3) is 0 Å². The van der Waals surface area contributed by atoms with E-state index in [-0.39, 0.29) is 17.2 Å². The highest BCUT2D eigenvalue weighted by Gasteiger charge is 2.30. The number of benzene rings is 3. The monoisotopic (exact) mass is 510 g/mol. The van der Waals surface area contributed by atoms with E-state index in [1.165, 1.54) is 38.2 Å². The van der Waals surface area contributed by atoms with E-state index in [0.29, 0.717) is 42.4 Å². The van der Waals surface area contributed by atoms with Crippen LogP contribution in [0.3, 0.4) is 0 Å². The second-order valence-corrected chi connectivity index (χ2v) is 10.0. The largest absolute Gasteiger partial charge is 0.368 e. The van der Waals surface area contributed by atoms with Crippen LogP contribution >= 0.6 is 0 Å². The number of ether oxygens (including phenoxy) is 3. The van der Waals surface area contributed by atoms with Crippen LogP contribution < -0.4 is 0 Å². The predicted octanol–water partition coefficient (Wildman–Crippen LogP) is 8.53. The quantitative estimate of drug-likeness (QED) is 0.202. The van der Waals surface area contributed by atoms with Crippen LogP contribution in [-0.2, 0) is 14.2 Å². The molecule has 0 spiro atoms. The van der Waals surface area contributed by atoms with Crippen LogP contribution in [0.5, 0.6) is 0 Å². The van der Waals surface area contributed by atoms with E-state index >= 15 is 4.39 Å². The van der Waals surface area contributed by atoms with Gasteiger partial charge in [0, 0.05) is 22.6 Å². The first kappa shape index (κ1) is 26.0. The molecule has 0 bridgehead atoms. The van der Waals surface area contributed by atoms with Crippen LogP contribution in [0.1, 0.15) is 69.0 Å². The molecule has 0 N–H and O–H groups in total. The first-order valence-corrected chi connectivity index (χ1v) is 13.3. The summed E-state index contributed by atoms with van der Waals surface area (Å²) in [6.45, 7) is 3.78. The molecule has 196 valence electrons. The van der Waals surface area contributed by atoms with Crippen molar-refractivity contribution in [2.75, 3.05) is 19.8 Å². The van der Waals surface area contributed by atoms with Crippen molar-refractivity contribution in [3.63, 3.8) is 0 Å². The molecule has 1 unspecified atom stereocenters. The SMILES string of the molecule is CCCCCCCC1COC(c2ccc(-c3ccc(-c4ccc(C5CO5)c(F)c4F)cc3)cc2F)OC1. The Balaban J connectivity index is 1.21. The maximum Gasteiger partial charge on any atom is 0.186 e. The van der Waals surface area contributed by atoms with E-state index in [2.05, 4.69) is 6.92 Å². The molecule has 3 aromatic rings. The molecule has 3 nitrogen and oxygen atoms in total. The minimum Gasteiger partial charge on any atom is -0.368 e. The fraction of sp³-hybridized carbons (Fsp3) is 0.419. The van der Waals surface area contributed by atoms with E-state index in [4.69, 9.17) is 14.2 Å². The summed E-state index contributed by atoms with van der Waals surface area (Å²) in [5.74, 6) is -1.79. The number of epoxide rings is 1. The Kier molecular flexibility index (Phi) is 8.28. The molecule has 3 aromatic carbocycles. The summed E-state index contributed by atoms with van der Waals surface area (Å²) in [5, 5.41) is 0. The molecule has 0 radical (unpaired) electrons. The summed E-state index contributed by atoms with van der Waals surface area (Å²) in [5.41, 5.74) is 2.81. The summed E-state index contributed by atoms with van der Waals surface area (Å²) in [7, 11) is 0. The molecule has 37 heavy (non-hydrogen) atoms.